The molecular weight excluding hydrogens is 1040 g/mol. The van der Waals surface area contributed by atoms with Crippen LogP contribution in [0.4, 0.5) is 17.1 Å². The normalized spacial score (nSPS) is 19.1. The minimum absolute atomic E-state index is 0.0918. The van der Waals surface area contributed by atoms with Crippen molar-refractivity contribution in [3.63, 3.8) is 0 Å². The molecule has 1 saturated carbocycles. The van der Waals surface area contributed by atoms with Crippen LogP contribution in [0.2, 0.25) is 0 Å². The molecule has 0 radical (unpaired) electrons. The predicted molar refractivity (Wildman–Crippen MR) is 287 cm³/mol. The summed E-state index contributed by atoms with van der Waals surface area (Å²) < 4.78 is 23.8. The third-order valence-corrected chi connectivity index (χ3v) is 14.7. The Bertz CT molecular complexity index is 3000. The second kappa shape index (κ2) is 23.1. The second-order valence-electron chi connectivity index (χ2n) is 19.9. The maximum absolute atomic E-state index is 14.1. The molecule has 9 rings (SSSR count). The summed E-state index contributed by atoms with van der Waals surface area (Å²) in [5.74, 6) is -0.329. The third kappa shape index (κ3) is 11.8. The lowest BCUT2D eigenvalue weighted by molar-refractivity contribution is -0.137. The van der Waals surface area contributed by atoms with Gasteiger partial charge in [-0.2, -0.15) is 0 Å². The van der Waals surface area contributed by atoms with Gasteiger partial charge in [-0.1, -0.05) is 32.4 Å². The first kappa shape index (κ1) is 53.2. The van der Waals surface area contributed by atoms with E-state index in [1.165, 1.54) is 38.7 Å². The number of fused-ring (bicyclic) bond motifs is 4. The fraction of sp³-hybridized carbons (Fsp3) is 0.411. The monoisotopic (exact) mass is 1100 g/mol. The van der Waals surface area contributed by atoms with Crippen molar-refractivity contribution in [2.45, 2.75) is 103 Å². The largest absolute Gasteiger partial charge is 0.493 e. The number of anilines is 1. The van der Waals surface area contributed by atoms with Gasteiger partial charge in [0.1, 0.15) is 12.1 Å². The van der Waals surface area contributed by atoms with E-state index >= 15 is 0 Å². The molecule has 1 aliphatic carbocycles. The van der Waals surface area contributed by atoms with Gasteiger partial charge in [0.15, 0.2) is 23.0 Å². The van der Waals surface area contributed by atoms with Gasteiger partial charge < -0.3 is 44.7 Å². The standard InChI is InChI=1S/C56H61BrN8O11/c1-31(2)51(62-49(66)10-7-6-8-17-63-50(67)24-42(57)56(63)72)53(69)60-32(3)52(68)61-37-15-13-34(14-16-37)36-21-39-28-59-44-26-48(46(74-5)23-41(44)55(71)65(39)30-36)76-19-9-18-75-47-25-43-40(22-45(47)73-4)54(70)64-29-35(33-11-12-33)20-38(64)27-58-43/h13-16,22-33,38-39,51H,6-12,17-21H2,1-5H3,(H,60,69)(H,61,68)(H,62,66)/t32-,38-,39-,51?/m1/s1. The summed E-state index contributed by atoms with van der Waals surface area (Å²) in [6, 6.07) is 11.7. The number of hydrogen-bond acceptors (Lipinski definition) is 13. The molecule has 3 aromatic rings. The highest BCUT2D eigenvalue weighted by atomic mass is 79.9. The molecule has 5 aliphatic heterocycles. The molecule has 20 heteroatoms. The Morgan fingerprint density at radius 1 is 0.711 bits per heavy atom. The molecule has 4 atom stereocenters. The SMILES string of the molecule is COc1cc2c(cc1OCCCOc1cc3c(cc1OC)C(=O)N1C=C(C4CC4)C[C@@H]1C=N3)N=C[C@H]1CC(c3ccc(NC(=O)[C@@H](C)NC(=O)C(NC(=O)CCCCCN4C(=O)C=C(Br)C4=O)C(C)C)cc3)=CN1C2=O. The molecule has 0 aromatic heterocycles. The van der Waals surface area contributed by atoms with Crippen LogP contribution in [-0.4, -0.2) is 127 Å². The molecule has 398 valence electrons. The summed E-state index contributed by atoms with van der Waals surface area (Å²) in [7, 11) is 3.05. The summed E-state index contributed by atoms with van der Waals surface area (Å²) in [6.45, 7) is 5.96. The molecular formula is C56H61BrN8O11. The van der Waals surface area contributed by atoms with Crippen LogP contribution < -0.4 is 34.9 Å². The molecule has 3 N–H and O–H groups in total. The topological polar surface area (TPSA) is 227 Å². The summed E-state index contributed by atoms with van der Waals surface area (Å²) in [5.41, 5.74) is 5.37. The zero-order chi connectivity index (χ0) is 53.8. The van der Waals surface area contributed by atoms with Crippen LogP contribution >= 0.6 is 15.9 Å². The molecule has 0 spiro atoms. The maximum atomic E-state index is 14.1. The molecule has 0 bridgehead atoms. The summed E-state index contributed by atoms with van der Waals surface area (Å²) in [6.07, 6.45) is 14.6. The van der Waals surface area contributed by atoms with E-state index in [0.717, 1.165) is 22.5 Å². The van der Waals surface area contributed by atoms with Crippen molar-refractivity contribution in [2.24, 2.45) is 21.8 Å². The number of amides is 7. The van der Waals surface area contributed by atoms with Crippen LogP contribution in [0.25, 0.3) is 5.57 Å². The maximum Gasteiger partial charge on any atom is 0.267 e. The Kier molecular flexibility index (Phi) is 16.2. The number of nitrogens with one attached hydrogen (secondary N) is 3. The number of halogens is 1. The summed E-state index contributed by atoms with van der Waals surface area (Å²) >= 11 is 3.08. The van der Waals surface area contributed by atoms with Gasteiger partial charge in [0, 0.05) is 74.5 Å². The molecule has 5 heterocycles. The lowest BCUT2D eigenvalue weighted by Gasteiger charge is -2.24. The van der Waals surface area contributed by atoms with E-state index in [1.807, 2.05) is 30.7 Å². The van der Waals surface area contributed by atoms with Gasteiger partial charge in [0.2, 0.25) is 17.7 Å². The highest BCUT2D eigenvalue weighted by molar-refractivity contribution is 9.12. The molecule has 19 nitrogen and oxygen atoms in total. The Balaban J connectivity index is 0.734. The third-order valence-electron chi connectivity index (χ3n) is 14.2. The molecule has 76 heavy (non-hydrogen) atoms. The van der Waals surface area contributed by atoms with Gasteiger partial charge in [-0.3, -0.25) is 48.4 Å². The molecule has 0 saturated heterocycles. The zero-order valence-electron chi connectivity index (χ0n) is 43.1. The van der Waals surface area contributed by atoms with Crippen molar-refractivity contribution >= 4 is 92.3 Å². The first-order valence-electron chi connectivity index (χ1n) is 25.7. The highest BCUT2D eigenvalue weighted by Crippen LogP contribution is 2.45. The van der Waals surface area contributed by atoms with E-state index < -0.39 is 23.9 Å². The van der Waals surface area contributed by atoms with E-state index in [-0.39, 0.29) is 78.2 Å². The number of rotatable bonds is 22. The zero-order valence-corrected chi connectivity index (χ0v) is 44.6. The van der Waals surface area contributed by atoms with Crippen molar-refractivity contribution < 1.29 is 52.5 Å². The van der Waals surface area contributed by atoms with Crippen LogP contribution in [0.1, 0.15) is 105 Å². The number of unbranched alkanes of at least 4 members (excludes halogenated alkanes) is 2. The van der Waals surface area contributed by atoms with Gasteiger partial charge >= 0.3 is 0 Å². The van der Waals surface area contributed by atoms with Gasteiger partial charge in [-0.05, 0) is 108 Å². The van der Waals surface area contributed by atoms with Gasteiger partial charge in [-0.15, -0.1) is 0 Å². The molecule has 1 fully saturated rings. The molecule has 6 aliphatic rings. The average Bonchev–Trinajstić information content (AvgIpc) is 4.05. The second-order valence-corrected chi connectivity index (χ2v) is 20.8. The van der Waals surface area contributed by atoms with E-state index in [0.29, 0.717) is 89.2 Å². The summed E-state index contributed by atoms with van der Waals surface area (Å²) in [5, 5.41) is 8.34. The number of nitrogens with zero attached hydrogens (tertiary/aromatic N) is 5. The molecule has 1 unspecified atom stereocenters. The quantitative estimate of drug-likeness (QED) is 0.0658. The Morgan fingerprint density at radius 3 is 1.88 bits per heavy atom. The van der Waals surface area contributed by atoms with Crippen molar-refractivity contribution in [3.8, 4) is 23.0 Å². The number of benzene rings is 3. The van der Waals surface area contributed by atoms with Crippen LogP contribution in [-0.2, 0) is 24.0 Å². The smallest absolute Gasteiger partial charge is 0.267 e. The first-order chi connectivity index (χ1) is 36.6. The van der Waals surface area contributed by atoms with E-state index in [4.69, 9.17) is 23.9 Å². The number of carbonyl (C=O) groups excluding carboxylic acids is 7. The number of imide groups is 1. The fourth-order valence-electron chi connectivity index (χ4n) is 9.71. The Labute approximate surface area is 448 Å². The van der Waals surface area contributed by atoms with Crippen molar-refractivity contribution in [1.82, 2.24) is 25.3 Å². The highest BCUT2D eigenvalue weighted by Gasteiger charge is 2.39. The Morgan fingerprint density at radius 2 is 1.32 bits per heavy atom. The molecule has 7 amide bonds. The Hall–Kier alpha value is -7.61. The lowest BCUT2D eigenvalue weighted by atomic mass is 10.0. The van der Waals surface area contributed by atoms with Crippen molar-refractivity contribution in [3.05, 3.63) is 93.8 Å². The number of carbonyl (C=O) groups is 7. The van der Waals surface area contributed by atoms with Gasteiger partial charge in [-0.25, -0.2) is 0 Å². The minimum atomic E-state index is -0.924. The lowest BCUT2D eigenvalue weighted by Crippen LogP contribution is -2.53. The van der Waals surface area contributed by atoms with Crippen molar-refractivity contribution in [1.29, 1.82) is 0 Å². The number of methoxy groups -OCH3 is 2. The first-order valence-corrected chi connectivity index (χ1v) is 26.5. The number of hydrogen-bond donors (Lipinski definition) is 3. The summed E-state index contributed by atoms with van der Waals surface area (Å²) in [4.78, 5) is 105. The van der Waals surface area contributed by atoms with Crippen LogP contribution in [0, 0.1) is 11.8 Å². The van der Waals surface area contributed by atoms with Gasteiger partial charge in [0.05, 0.1) is 66.5 Å². The predicted octanol–water partition coefficient (Wildman–Crippen LogP) is 7.54. The van der Waals surface area contributed by atoms with E-state index in [1.54, 1.807) is 73.2 Å². The number of aliphatic imine (C=N–C) groups is 2. The molecule has 3 aromatic carbocycles. The van der Waals surface area contributed by atoms with Crippen LogP contribution in [0.15, 0.2) is 87.0 Å². The van der Waals surface area contributed by atoms with Gasteiger partial charge in [0.25, 0.3) is 23.6 Å². The van der Waals surface area contributed by atoms with Crippen molar-refractivity contribution in [2.75, 3.05) is 39.3 Å². The average molecular weight is 1100 g/mol. The number of ether oxygens (including phenoxy) is 4. The van der Waals surface area contributed by atoms with E-state index in [9.17, 15) is 33.6 Å². The van der Waals surface area contributed by atoms with E-state index in [2.05, 4.69) is 36.9 Å². The van der Waals surface area contributed by atoms with Crippen LogP contribution in [0.5, 0.6) is 23.0 Å². The fourth-order valence-corrected chi connectivity index (χ4v) is 10.1. The van der Waals surface area contributed by atoms with Crippen LogP contribution in [0.3, 0.4) is 0 Å². The minimum Gasteiger partial charge on any atom is -0.493 e.